The van der Waals surface area contributed by atoms with E-state index < -0.39 is 0 Å². The van der Waals surface area contributed by atoms with Gasteiger partial charge in [-0.05, 0) is 32.3 Å². The second-order valence-electron chi connectivity index (χ2n) is 8.31. The highest BCUT2D eigenvalue weighted by molar-refractivity contribution is 14.0. The van der Waals surface area contributed by atoms with Gasteiger partial charge in [0.05, 0.1) is 19.9 Å². The van der Waals surface area contributed by atoms with Gasteiger partial charge in [0, 0.05) is 68.8 Å². The Morgan fingerprint density at radius 3 is 2.44 bits per heavy atom. The van der Waals surface area contributed by atoms with Gasteiger partial charge in [-0.25, -0.2) is 0 Å². The van der Waals surface area contributed by atoms with Crippen molar-refractivity contribution in [2.45, 2.75) is 39.8 Å². The Balaban J connectivity index is 0.00000363. The first-order valence-electron chi connectivity index (χ1n) is 10.9. The molecule has 32 heavy (non-hydrogen) atoms. The van der Waals surface area contributed by atoms with E-state index in [0.717, 1.165) is 61.4 Å². The van der Waals surface area contributed by atoms with E-state index in [1.807, 2.05) is 20.0 Å². The number of hydrogen-bond acceptors (Lipinski definition) is 5. The van der Waals surface area contributed by atoms with Crippen LogP contribution in [-0.2, 0) is 6.54 Å². The number of anilines is 1. The zero-order chi connectivity index (χ0) is 22.4. The number of methoxy groups -OCH3 is 2. The van der Waals surface area contributed by atoms with Gasteiger partial charge < -0.3 is 25.0 Å². The molecular formula is C23H37IN6O2. The van der Waals surface area contributed by atoms with Gasteiger partial charge in [-0.3, -0.25) is 9.67 Å². The Bertz CT molecular complexity index is 878. The monoisotopic (exact) mass is 556 g/mol. The van der Waals surface area contributed by atoms with E-state index in [0.29, 0.717) is 12.0 Å². The second-order valence-corrected chi connectivity index (χ2v) is 8.31. The van der Waals surface area contributed by atoms with Crippen LogP contribution in [0, 0.1) is 19.8 Å². The number of ether oxygens (including phenoxy) is 2. The lowest BCUT2D eigenvalue weighted by molar-refractivity contribution is 0.394. The van der Waals surface area contributed by atoms with Crippen molar-refractivity contribution in [3.63, 3.8) is 0 Å². The van der Waals surface area contributed by atoms with Crippen LogP contribution in [0.15, 0.2) is 29.3 Å². The minimum Gasteiger partial charge on any atom is -0.497 e. The number of nitrogens with zero attached hydrogens (tertiary/aromatic N) is 4. The summed E-state index contributed by atoms with van der Waals surface area (Å²) in [4.78, 5) is 6.77. The van der Waals surface area contributed by atoms with Crippen molar-refractivity contribution in [1.82, 2.24) is 20.4 Å². The topological polar surface area (TPSA) is 75.9 Å². The average Bonchev–Trinajstić information content (AvgIpc) is 3.36. The maximum absolute atomic E-state index is 5.41. The molecule has 0 bridgehead atoms. The molecule has 2 unspecified atom stereocenters. The Hall–Kier alpha value is -2.17. The molecule has 0 radical (unpaired) electrons. The molecule has 2 aromatic rings. The van der Waals surface area contributed by atoms with E-state index in [4.69, 9.17) is 9.47 Å². The molecule has 1 fully saturated rings. The molecule has 0 saturated carbocycles. The van der Waals surface area contributed by atoms with Crippen molar-refractivity contribution in [3.05, 3.63) is 35.7 Å². The van der Waals surface area contributed by atoms with Gasteiger partial charge in [-0.15, -0.1) is 24.0 Å². The van der Waals surface area contributed by atoms with Crippen LogP contribution in [0.5, 0.6) is 11.5 Å². The van der Waals surface area contributed by atoms with Crippen LogP contribution in [-0.4, -0.2) is 62.7 Å². The quantitative estimate of drug-likeness (QED) is 0.296. The fourth-order valence-electron chi connectivity index (χ4n) is 3.97. The predicted molar refractivity (Wildman–Crippen MR) is 141 cm³/mol. The average molecular weight is 556 g/mol. The van der Waals surface area contributed by atoms with Gasteiger partial charge in [0.25, 0.3) is 0 Å². The number of hydrogen-bond donors (Lipinski definition) is 2. The summed E-state index contributed by atoms with van der Waals surface area (Å²) in [7, 11) is 5.18. The van der Waals surface area contributed by atoms with Crippen molar-refractivity contribution >= 4 is 35.6 Å². The molecule has 1 aliphatic heterocycles. The number of halogens is 1. The van der Waals surface area contributed by atoms with Crippen molar-refractivity contribution in [1.29, 1.82) is 0 Å². The lowest BCUT2D eigenvalue weighted by Crippen LogP contribution is -2.46. The van der Waals surface area contributed by atoms with E-state index in [1.54, 1.807) is 14.2 Å². The Labute approximate surface area is 208 Å². The minimum absolute atomic E-state index is 0. The van der Waals surface area contributed by atoms with Gasteiger partial charge in [0.2, 0.25) is 0 Å². The number of aliphatic imine (C=N–C) groups is 1. The Kier molecular flexibility index (Phi) is 9.92. The number of rotatable bonds is 8. The first kappa shape index (κ1) is 26.1. The molecule has 8 nitrogen and oxygen atoms in total. The summed E-state index contributed by atoms with van der Waals surface area (Å²) in [5.74, 6) is 2.89. The van der Waals surface area contributed by atoms with E-state index >= 15 is 0 Å². The minimum atomic E-state index is 0. The smallest absolute Gasteiger partial charge is 0.191 e. The lowest BCUT2D eigenvalue weighted by Gasteiger charge is -2.22. The maximum Gasteiger partial charge on any atom is 0.191 e. The summed E-state index contributed by atoms with van der Waals surface area (Å²) >= 11 is 0. The fourth-order valence-corrected chi connectivity index (χ4v) is 3.97. The first-order valence-corrected chi connectivity index (χ1v) is 10.9. The fraction of sp³-hybridized carbons (Fsp3) is 0.565. The van der Waals surface area contributed by atoms with Crippen molar-refractivity contribution < 1.29 is 9.47 Å². The van der Waals surface area contributed by atoms with Crippen LogP contribution < -0.4 is 25.0 Å². The predicted octanol–water partition coefficient (Wildman–Crippen LogP) is 3.22. The lowest BCUT2D eigenvalue weighted by atomic mass is 10.2. The van der Waals surface area contributed by atoms with Gasteiger partial charge in [0.1, 0.15) is 11.5 Å². The third kappa shape index (κ3) is 6.91. The van der Waals surface area contributed by atoms with Crippen molar-refractivity contribution in [2.75, 3.05) is 45.8 Å². The Morgan fingerprint density at radius 2 is 1.88 bits per heavy atom. The van der Waals surface area contributed by atoms with Crippen LogP contribution in [0.4, 0.5) is 5.69 Å². The second kappa shape index (κ2) is 12.2. The molecule has 2 heterocycles. The SMILES string of the molecule is CN=C(NCC(C)Cn1nc(C)cc1C)NC1CCN(c2cc(OC)cc(OC)c2)C1.I. The van der Waals surface area contributed by atoms with E-state index in [9.17, 15) is 0 Å². The number of nitrogens with one attached hydrogen (secondary N) is 2. The molecule has 9 heteroatoms. The molecular weight excluding hydrogens is 519 g/mol. The maximum atomic E-state index is 5.41. The van der Waals surface area contributed by atoms with Crippen molar-refractivity contribution in [3.8, 4) is 11.5 Å². The van der Waals surface area contributed by atoms with Crippen LogP contribution >= 0.6 is 24.0 Å². The van der Waals surface area contributed by atoms with Crippen molar-refractivity contribution in [2.24, 2.45) is 10.9 Å². The third-order valence-electron chi connectivity index (χ3n) is 5.66. The van der Waals surface area contributed by atoms with E-state index in [1.165, 1.54) is 5.69 Å². The molecule has 0 aliphatic carbocycles. The molecule has 1 saturated heterocycles. The summed E-state index contributed by atoms with van der Waals surface area (Å²) < 4.78 is 12.9. The molecule has 2 atom stereocenters. The number of guanidine groups is 1. The van der Waals surface area contributed by atoms with Crippen LogP contribution in [0.1, 0.15) is 24.7 Å². The zero-order valence-corrected chi connectivity index (χ0v) is 22.3. The largest absolute Gasteiger partial charge is 0.497 e. The summed E-state index contributed by atoms with van der Waals surface area (Å²) in [6, 6.07) is 8.45. The molecule has 1 aromatic carbocycles. The van der Waals surface area contributed by atoms with Crippen LogP contribution in [0.2, 0.25) is 0 Å². The van der Waals surface area contributed by atoms with E-state index in [2.05, 4.69) is 62.4 Å². The normalized spacial score (nSPS) is 17.0. The highest BCUT2D eigenvalue weighted by atomic mass is 127. The summed E-state index contributed by atoms with van der Waals surface area (Å²) in [6.45, 7) is 9.96. The van der Waals surface area contributed by atoms with Gasteiger partial charge >= 0.3 is 0 Å². The summed E-state index contributed by atoms with van der Waals surface area (Å²) in [5.41, 5.74) is 3.38. The van der Waals surface area contributed by atoms with Gasteiger partial charge in [-0.2, -0.15) is 5.10 Å². The zero-order valence-electron chi connectivity index (χ0n) is 20.0. The van der Waals surface area contributed by atoms with Gasteiger partial charge in [0.15, 0.2) is 5.96 Å². The molecule has 178 valence electrons. The molecule has 1 aromatic heterocycles. The summed E-state index contributed by atoms with van der Waals surface area (Å²) in [6.07, 6.45) is 1.04. The number of aryl methyl sites for hydroxylation is 2. The van der Waals surface area contributed by atoms with Crippen LogP contribution in [0.3, 0.4) is 0 Å². The number of benzene rings is 1. The van der Waals surface area contributed by atoms with Crippen LogP contribution in [0.25, 0.3) is 0 Å². The molecule has 1 aliphatic rings. The Morgan fingerprint density at radius 1 is 1.19 bits per heavy atom. The summed E-state index contributed by atoms with van der Waals surface area (Å²) in [5, 5.41) is 11.6. The van der Waals surface area contributed by atoms with Gasteiger partial charge in [-0.1, -0.05) is 6.92 Å². The molecule has 2 N–H and O–H groups in total. The molecule has 3 rings (SSSR count). The van der Waals surface area contributed by atoms with E-state index in [-0.39, 0.29) is 24.0 Å². The molecule has 0 spiro atoms. The number of aromatic nitrogens is 2. The first-order chi connectivity index (χ1) is 14.9. The third-order valence-corrected chi connectivity index (χ3v) is 5.66. The highest BCUT2D eigenvalue weighted by Crippen LogP contribution is 2.30. The highest BCUT2D eigenvalue weighted by Gasteiger charge is 2.24. The standard InChI is InChI=1S/C23H36N6O2.HI/c1-16(14-29-18(3)9-17(2)27-29)13-25-23(24-4)26-19-7-8-28(15-19)20-10-21(30-5)12-22(11-20)31-6;/h9-12,16,19H,7-8,13-15H2,1-6H3,(H2,24,25,26);1H. The molecule has 0 amide bonds.